The fraction of sp³-hybridized carbons (Fsp3) is 0.474. The van der Waals surface area contributed by atoms with E-state index in [1.54, 1.807) is 0 Å². The van der Waals surface area contributed by atoms with Gasteiger partial charge in [-0.25, -0.2) is 4.98 Å². The van der Waals surface area contributed by atoms with Crippen LogP contribution in [0.5, 0.6) is 0 Å². The highest BCUT2D eigenvalue weighted by Gasteiger charge is 2.29. The van der Waals surface area contributed by atoms with Crippen LogP contribution in [0.25, 0.3) is 11.0 Å². The number of carbonyl (C=O) groups is 1. The maximum absolute atomic E-state index is 12.8. The van der Waals surface area contributed by atoms with Gasteiger partial charge in [-0.15, -0.1) is 10.2 Å². The summed E-state index contributed by atoms with van der Waals surface area (Å²) in [6.07, 6.45) is 1.84. The molecule has 1 atom stereocenters. The van der Waals surface area contributed by atoms with E-state index in [4.69, 9.17) is 4.98 Å². The van der Waals surface area contributed by atoms with Crippen molar-refractivity contribution < 1.29 is 4.79 Å². The molecule has 1 fully saturated rings. The molecule has 1 saturated heterocycles. The highest BCUT2D eigenvalue weighted by Crippen LogP contribution is 2.27. The number of anilines is 2. The average Bonchev–Trinajstić information content (AvgIpc) is 3.27. The molecule has 0 spiro atoms. The molecule has 3 aromatic rings. The van der Waals surface area contributed by atoms with Gasteiger partial charge in [0.1, 0.15) is 5.01 Å². The third-order valence-electron chi connectivity index (χ3n) is 5.00. The van der Waals surface area contributed by atoms with Crippen molar-refractivity contribution in [3.63, 3.8) is 0 Å². The molecule has 3 heterocycles. The molecule has 1 aliphatic rings. The van der Waals surface area contributed by atoms with Gasteiger partial charge in [0.05, 0.1) is 17.0 Å². The second-order valence-electron chi connectivity index (χ2n) is 7.33. The normalized spacial score (nSPS) is 17.6. The molecular weight excluding hydrogens is 360 g/mol. The fourth-order valence-electron chi connectivity index (χ4n) is 3.51. The van der Waals surface area contributed by atoms with Gasteiger partial charge in [-0.3, -0.25) is 4.79 Å². The van der Waals surface area contributed by atoms with E-state index in [1.807, 2.05) is 25.2 Å². The molecule has 0 radical (unpaired) electrons. The van der Waals surface area contributed by atoms with E-state index in [0.29, 0.717) is 17.6 Å². The molecule has 7 nitrogen and oxygen atoms in total. The second-order valence-corrected chi connectivity index (χ2v) is 8.34. The van der Waals surface area contributed by atoms with Gasteiger partial charge in [0, 0.05) is 26.1 Å². The van der Waals surface area contributed by atoms with Crippen LogP contribution in [-0.2, 0) is 11.8 Å². The third-order valence-corrected chi connectivity index (χ3v) is 6.14. The Morgan fingerprint density at radius 3 is 2.85 bits per heavy atom. The van der Waals surface area contributed by atoms with Crippen LogP contribution in [0.1, 0.15) is 37.6 Å². The third kappa shape index (κ3) is 3.53. The number of rotatable bonds is 4. The number of aromatic nitrogens is 4. The Morgan fingerprint density at radius 2 is 2.11 bits per heavy atom. The molecule has 1 N–H and O–H groups in total. The van der Waals surface area contributed by atoms with Crippen molar-refractivity contribution in [3.05, 3.63) is 29.3 Å². The minimum atomic E-state index is -0.0787. The van der Waals surface area contributed by atoms with Gasteiger partial charge in [-0.05, 0) is 25.0 Å². The molecule has 1 aromatic carbocycles. The Balaban J connectivity index is 1.48. The first kappa shape index (κ1) is 17.9. The lowest BCUT2D eigenvalue weighted by Gasteiger charge is -2.32. The van der Waals surface area contributed by atoms with Crippen LogP contribution in [0.15, 0.2) is 24.3 Å². The lowest BCUT2D eigenvalue weighted by Crippen LogP contribution is -2.41. The molecule has 0 bridgehead atoms. The van der Waals surface area contributed by atoms with Gasteiger partial charge < -0.3 is 14.8 Å². The summed E-state index contributed by atoms with van der Waals surface area (Å²) < 4.78 is 2.11. The number of aryl methyl sites for hydroxylation is 1. The molecule has 4 rings (SSSR count). The van der Waals surface area contributed by atoms with Gasteiger partial charge in [-0.2, -0.15) is 0 Å². The van der Waals surface area contributed by atoms with Crippen LogP contribution in [-0.4, -0.2) is 38.7 Å². The van der Waals surface area contributed by atoms with Crippen molar-refractivity contribution in [3.8, 4) is 0 Å². The van der Waals surface area contributed by atoms with E-state index in [9.17, 15) is 4.79 Å². The Labute approximate surface area is 162 Å². The number of hydrogen-bond donors (Lipinski definition) is 1. The lowest BCUT2D eigenvalue weighted by molar-refractivity contribution is -0.120. The quantitative estimate of drug-likeness (QED) is 0.746. The summed E-state index contributed by atoms with van der Waals surface area (Å²) in [5.41, 5.74) is 2.09. The number of benzene rings is 1. The van der Waals surface area contributed by atoms with Gasteiger partial charge in [0.25, 0.3) is 0 Å². The average molecular weight is 385 g/mol. The lowest BCUT2D eigenvalue weighted by atomic mass is 9.97. The van der Waals surface area contributed by atoms with E-state index in [0.717, 1.165) is 41.4 Å². The van der Waals surface area contributed by atoms with Crippen molar-refractivity contribution in [2.24, 2.45) is 13.0 Å². The maximum Gasteiger partial charge on any atom is 0.231 e. The number of carbonyl (C=O) groups excluding carboxylic acids is 1. The molecule has 1 aliphatic heterocycles. The summed E-state index contributed by atoms with van der Waals surface area (Å²) in [4.78, 5) is 19.7. The van der Waals surface area contributed by atoms with Crippen LogP contribution in [0.4, 0.5) is 11.1 Å². The summed E-state index contributed by atoms with van der Waals surface area (Å²) >= 11 is 1.45. The number of nitrogens with one attached hydrogen (secondary N) is 1. The van der Waals surface area contributed by atoms with Crippen LogP contribution in [0, 0.1) is 5.92 Å². The Bertz CT molecular complexity index is 962. The van der Waals surface area contributed by atoms with Gasteiger partial charge in [-0.1, -0.05) is 37.3 Å². The van der Waals surface area contributed by atoms with Gasteiger partial charge in [0.15, 0.2) is 0 Å². The molecule has 1 amide bonds. The largest absolute Gasteiger partial charge is 0.341 e. The molecule has 27 heavy (non-hydrogen) atoms. The smallest absolute Gasteiger partial charge is 0.231 e. The van der Waals surface area contributed by atoms with E-state index in [-0.39, 0.29) is 11.8 Å². The molecule has 0 aliphatic carbocycles. The monoisotopic (exact) mass is 384 g/mol. The van der Waals surface area contributed by atoms with E-state index in [1.165, 1.54) is 11.3 Å². The Morgan fingerprint density at radius 1 is 1.30 bits per heavy atom. The zero-order valence-electron chi connectivity index (χ0n) is 15.8. The summed E-state index contributed by atoms with van der Waals surface area (Å²) in [7, 11) is 2.03. The second kappa shape index (κ2) is 7.26. The number of hydrogen-bond acceptors (Lipinski definition) is 6. The van der Waals surface area contributed by atoms with Gasteiger partial charge >= 0.3 is 0 Å². The van der Waals surface area contributed by atoms with Crippen molar-refractivity contribution in [1.29, 1.82) is 0 Å². The van der Waals surface area contributed by atoms with E-state index < -0.39 is 0 Å². The van der Waals surface area contributed by atoms with E-state index >= 15 is 0 Å². The number of amides is 1. The number of nitrogens with zero attached hydrogens (tertiary/aromatic N) is 5. The summed E-state index contributed by atoms with van der Waals surface area (Å²) in [6.45, 7) is 5.72. The highest BCUT2D eigenvalue weighted by molar-refractivity contribution is 7.15. The number of imidazole rings is 1. The van der Waals surface area contributed by atoms with Crippen molar-refractivity contribution in [1.82, 2.24) is 19.7 Å². The molecule has 2 aromatic heterocycles. The minimum absolute atomic E-state index is 0.0184. The minimum Gasteiger partial charge on any atom is -0.341 e. The fourth-order valence-corrected chi connectivity index (χ4v) is 4.26. The number of piperidine rings is 1. The zero-order chi connectivity index (χ0) is 19.0. The zero-order valence-corrected chi connectivity index (χ0v) is 16.7. The van der Waals surface area contributed by atoms with E-state index in [2.05, 4.69) is 44.9 Å². The van der Waals surface area contributed by atoms with Crippen molar-refractivity contribution >= 4 is 39.4 Å². The number of fused-ring (bicyclic) bond motifs is 1. The molecule has 142 valence electrons. The number of para-hydroxylation sites is 2. The van der Waals surface area contributed by atoms with Gasteiger partial charge in [0.2, 0.25) is 17.0 Å². The summed E-state index contributed by atoms with van der Waals surface area (Å²) in [5, 5.41) is 12.7. The summed E-state index contributed by atoms with van der Waals surface area (Å²) in [5.74, 6) is 1.18. The highest BCUT2D eigenvalue weighted by atomic mass is 32.1. The predicted octanol–water partition coefficient (Wildman–Crippen LogP) is 3.40. The first-order chi connectivity index (χ1) is 13.0. The van der Waals surface area contributed by atoms with Crippen molar-refractivity contribution in [2.75, 3.05) is 23.3 Å². The predicted molar refractivity (Wildman–Crippen MR) is 108 cm³/mol. The molecule has 1 unspecified atom stereocenters. The van der Waals surface area contributed by atoms with Crippen LogP contribution in [0.3, 0.4) is 0 Å². The molecule has 8 heteroatoms. The standard InChI is InChI=1S/C19H24N6OS/c1-12(2)17-22-23-18(27-17)21-16(26)13-7-6-10-25(11-13)19-20-14-8-4-5-9-15(14)24(19)3/h4-5,8-9,12-13H,6-7,10-11H2,1-3H3,(H,21,23,26). The first-order valence-corrected chi connectivity index (χ1v) is 10.1. The SMILES string of the molecule is CC(C)c1nnc(NC(=O)C2CCCN(c3nc4ccccc4n3C)C2)s1. The molecule has 0 saturated carbocycles. The molecular formula is C19H24N6OS. The topological polar surface area (TPSA) is 75.9 Å². The Kier molecular flexibility index (Phi) is 4.82. The van der Waals surface area contributed by atoms with Crippen LogP contribution in [0.2, 0.25) is 0 Å². The van der Waals surface area contributed by atoms with Crippen LogP contribution < -0.4 is 10.2 Å². The summed E-state index contributed by atoms with van der Waals surface area (Å²) in [6, 6.07) is 8.11. The Hall–Kier alpha value is -2.48. The maximum atomic E-state index is 12.8. The van der Waals surface area contributed by atoms with Crippen molar-refractivity contribution in [2.45, 2.75) is 32.6 Å². The first-order valence-electron chi connectivity index (χ1n) is 9.33. The van der Waals surface area contributed by atoms with Crippen LogP contribution >= 0.6 is 11.3 Å².